The second kappa shape index (κ2) is 17.5. The lowest BCUT2D eigenvalue weighted by Gasteiger charge is -2.13. The van der Waals surface area contributed by atoms with Crippen LogP contribution in [0.2, 0.25) is 0 Å². The number of carbonyl (C=O) groups is 1. The Bertz CT molecular complexity index is 495. The smallest absolute Gasteiger partial charge is 0.246 e. The molecule has 3 nitrogen and oxygen atoms in total. The largest absolute Gasteiger partial charge is 0.300 e. The van der Waals surface area contributed by atoms with Crippen molar-refractivity contribution in [3.8, 4) is 0 Å². The van der Waals surface area contributed by atoms with Gasteiger partial charge < -0.3 is 0 Å². The van der Waals surface area contributed by atoms with Gasteiger partial charge in [0.05, 0.1) is 13.6 Å². The van der Waals surface area contributed by atoms with Gasteiger partial charge in [-0.2, -0.15) is 0 Å². The van der Waals surface area contributed by atoms with Crippen molar-refractivity contribution in [2.24, 2.45) is 0 Å². The molecule has 0 aromatic rings. The van der Waals surface area contributed by atoms with Crippen LogP contribution in [0.3, 0.4) is 0 Å². The van der Waals surface area contributed by atoms with Crippen molar-refractivity contribution >= 4 is 11.6 Å². The lowest BCUT2D eigenvalue weighted by molar-refractivity contribution is -0.487. The molecule has 1 rings (SSSR count). The van der Waals surface area contributed by atoms with Crippen molar-refractivity contribution in [3.63, 3.8) is 0 Å². The van der Waals surface area contributed by atoms with Gasteiger partial charge >= 0.3 is 0 Å². The number of carbonyl (C=O) groups excluding carboxylic acids is 1. The van der Waals surface area contributed by atoms with E-state index in [-0.39, 0.29) is 0 Å². The van der Waals surface area contributed by atoms with Crippen LogP contribution < -0.4 is 0 Å². The second-order valence-electron chi connectivity index (χ2n) is 8.66. The van der Waals surface area contributed by atoms with Gasteiger partial charge in [0.15, 0.2) is 0 Å². The zero-order chi connectivity index (χ0) is 21.2. The highest BCUT2D eigenvalue weighted by Gasteiger charge is 2.27. The fourth-order valence-electron chi connectivity index (χ4n) is 4.20. The Balaban J connectivity index is 2.09. The summed E-state index contributed by atoms with van der Waals surface area (Å²) in [6.07, 6.45) is 22.7. The first kappa shape index (κ1) is 25.7. The Kier molecular flexibility index (Phi) is 15.5. The van der Waals surface area contributed by atoms with Crippen LogP contribution in [-0.4, -0.2) is 47.8 Å². The van der Waals surface area contributed by atoms with E-state index < -0.39 is 0 Å². The minimum atomic E-state index is 0.463. The Morgan fingerprint density at radius 1 is 0.862 bits per heavy atom. The zero-order valence-corrected chi connectivity index (χ0v) is 19.3. The van der Waals surface area contributed by atoms with Crippen molar-refractivity contribution in [2.75, 3.05) is 26.7 Å². The number of hydrogen-bond acceptors (Lipinski definition) is 2. The predicted octanol–water partition coefficient (Wildman–Crippen LogP) is 6.53. The highest BCUT2D eigenvalue weighted by molar-refractivity contribution is 5.79. The summed E-state index contributed by atoms with van der Waals surface area (Å²) in [4.78, 5) is 14.7. The standard InChI is InChI=1S/C26H47N2O/c1-4-6-8-10-12-14-16-19-25(29)20-18-22-28-24-23-27(3)26(28)21-17-15-13-11-9-7-5-2/h4-5H,1-2,6-24H2,3H3/q+1. The molecule has 1 aliphatic rings. The summed E-state index contributed by atoms with van der Waals surface area (Å²) in [7, 11) is 2.22. The minimum Gasteiger partial charge on any atom is -0.300 e. The van der Waals surface area contributed by atoms with E-state index in [1.165, 1.54) is 70.0 Å². The van der Waals surface area contributed by atoms with Crippen LogP contribution in [0.5, 0.6) is 0 Å². The molecule has 0 aliphatic carbocycles. The van der Waals surface area contributed by atoms with Crippen molar-refractivity contribution in [2.45, 2.75) is 103 Å². The number of ketones is 1. The number of rotatable bonds is 20. The summed E-state index contributed by atoms with van der Waals surface area (Å²) >= 11 is 0. The van der Waals surface area contributed by atoms with Crippen LogP contribution in [0.25, 0.3) is 0 Å². The van der Waals surface area contributed by atoms with E-state index >= 15 is 0 Å². The molecule has 0 unspecified atom stereocenters. The number of hydrogen-bond donors (Lipinski definition) is 0. The molecule has 0 bridgehead atoms. The van der Waals surface area contributed by atoms with Gasteiger partial charge in [-0.3, -0.25) is 14.3 Å². The van der Waals surface area contributed by atoms with Crippen LogP contribution in [0.4, 0.5) is 0 Å². The molecule has 0 N–H and O–H groups in total. The summed E-state index contributed by atoms with van der Waals surface area (Å²) in [5.41, 5.74) is 0. The number of unbranched alkanes of at least 4 members (excludes halogenated alkanes) is 10. The van der Waals surface area contributed by atoms with E-state index in [0.29, 0.717) is 5.78 Å². The average Bonchev–Trinajstić information content (AvgIpc) is 3.06. The Morgan fingerprint density at radius 2 is 1.41 bits per heavy atom. The molecule has 0 aromatic carbocycles. The molecule has 0 amide bonds. The summed E-state index contributed by atoms with van der Waals surface area (Å²) in [5, 5.41) is 0. The van der Waals surface area contributed by atoms with Gasteiger partial charge in [0.1, 0.15) is 18.9 Å². The van der Waals surface area contributed by atoms with E-state index in [4.69, 9.17) is 0 Å². The van der Waals surface area contributed by atoms with Gasteiger partial charge in [0.25, 0.3) is 0 Å². The van der Waals surface area contributed by atoms with Gasteiger partial charge in [-0.1, -0.05) is 50.7 Å². The lowest BCUT2D eigenvalue weighted by Crippen LogP contribution is -2.30. The number of likely N-dealkylation sites (N-methyl/N-ethyl adjacent to an activating group) is 1. The molecule has 0 atom stereocenters. The van der Waals surface area contributed by atoms with E-state index in [9.17, 15) is 4.79 Å². The first-order chi connectivity index (χ1) is 14.2. The molecule has 3 heteroatoms. The molecule has 0 saturated heterocycles. The molecule has 29 heavy (non-hydrogen) atoms. The van der Waals surface area contributed by atoms with Gasteiger partial charge in [0.2, 0.25) is 5.84 Å². The zero-order valence-electron chi connectivity index (χ0n) is 19.3. The molecular formula is C26H47N2O+. The van der Waals surface area contributed by atoms with E-state index in [2.05, 4.69) is 29.7 Å². The second-order valence-corrected chi connectivity index (χ2v) is 8.66. The van der Waals surface area contributed by atoms with Crippen LogP contribution in [-0.2, 0) is 4.79 Å². The third kappa shape index (κ3) is 12.7. The molecule has 166 valence electrons. The molecule has 0 fully saturated rings. The highest BCUT2D eigenvalue weighted by atomic mass is 16.1. The van der Waals surface area contributed by atoms with E-state index in [1.807, 2.05) is 12.2 Å². The first-order valence-corrected chi connectivity index (χ1v) is 12.2. The van der Waals surface area contributed by atoms with Crippen LogP contribution in [0.1, 0.15) is 103 Å². The fourth-order valence-corrected chi connectivity index (χ4v) is 4.20. The van der Waals surface area contributed by atoms with Crippen LogP contribution >= 0.6 is 0 Å². The topological polar surface area (TPSA) is 23.3 Å². The molecule has 1 heterocycles. The maximum absolute atomic E-state index is 12.2. The number of allylic oxidation sites excluding steroid dienone is 2. The number of nitrogens with zero attached hydrogens (tertiary/aromatic N) is 2. The molecule has 0 aromatic heterocycles. The summed E-state index contributed by atoms with van der Waals surface area (Å²) < 4.78 is 2.42. The third-order valence-electron chi connectivity index (χ3n) is 6.07. The van der Waals surface area contributed by atoms with E-state index in [0.717, 1.165) is 58.2 Å². The SMILES string of the molecule is C=CCCCCCCCC(=O)CCCN1CC[N+](C)=C1CCCCCCCC=C. The summed E-state index contributed by atoms with van der Waals surface area (Å²) in [5.74, 6) is 1.97. The maximum atomic E-state index is 12.2. The Hall–Kier alpha value is -1.38. The van der Waals surface area contributed by atoms with Crippen molar-refractivity contribution in [1.29, 1.82) is 0 Å². The molecule has 0 saturated carbocycles. The molecule has 0 spiro atoms. The van der Waals surface area contributed by atoms with Crippen LogP contribution in [0.15, 0.2) is 25.3 Å². The van der Waals surface area contributed by atoms with Crippen molar-refractivity contribution < 1.29 is 9.37 Å². The quantitative estimate of drug-likeness (QED) is 0.131. The normalized spacial score (nSPS) is 13.9. The maximum Gasteiger partial charge on any atom is 0.246 e. The summed E-state index contributed by atoms with van der Waals surface area (Å²) in [6, 6.07) is 0. The van der Waals surface area contributed by atoms with Gasteiger partial charge in [0, 0.05) is 19.3 Å². The molecule has 1 aliphatic heterocycles. The van der Waals surface area contributed by atoms with E-state index in [1.54, 1.807) is 0 Å². The van der Waals surface area contributed by atoms with Gasteiger partial charge in [-0.25, -0.2) is 0 Å². The third-order valence-corrected chi connectivity index (χ3v) is 6.07. The molecular weight excluding hydrogens is 356 g/mol. The monoisotopic (exact) mass is 403 g/mol. The number of Topliss-reactive ketones (excluding diaryl/α,β-unsaturated/α-hetero) is 1. The highest BCUT2D eigenvalue weighted by Crippen LogP contribution is 2.13. The Morgan fingerprint density at radius 3 is 2.07 bits per heavy atom. The predicted molar refractivity (Wildman–Crippen MR) is 127 cm³/mol. The average molecular weight is 404 g/mol. The minimum absolute atomic E-state index is 0.463. The first-order valence-electron chi connectivity index (χ1n) is 12.2. The van der Waals surface area contributed by atoms with Crippen molar-refractivity contribution in [1.82, 2.24) is 4.90 Å². The lowest BCUT2D eigenvalue weighted by atomic mass is 10.1. The van der Waals surface area contributed by atoms with Crippen molar-refractivity contribution in [3.05, 3.63) is 25.3 Å². The Labute approximate surface area is 181 Å². The fraction of sp³-hybridized carbons (Fsp3) is 0.769. The molecule has 0 radical (unpaired) electrons. The van der Waals surface area contributed by atoms with Gasteiger partial charge in [-0.05, 0) is 44.9 Å². The summed E-state index contributed by atoms with van der Waals surface area (Å²) in [6.45, 7) is 10.9. The van der Waals surface area contributed by atoms with Gasteiger partial charge in [-0.15, -0.1) is 13.2 Å². The number of amidine groups is 1. The van der Waals surface area contributed by atoms with Crippen LogP contribution in [0, 0.1) is 0 Å².